The molecule has 1 aliphatic heterocycles. The minimum Gasteiger partial charge on any atom is -0.319 e. The first kappa shape index (κ1) is 14.3. The monoisotopic (exact) mass is 364 g/mol. The Balaban J connectivity index is 1.90. The van der Waals surface area contributed by atoms with Gasteiger partial charge in [0.05, 0.1) is 6.54 Å². The summed E-state index contributed by atoms with van der Waals surface area (Å²) >= 11 is 4.91. The highest BCUT2D eigenvalue weighted by molar-refractivity contribution is 9.10. The van der Waals surface area contributed by atoms with E-state index < -0.39 is 5.54 Å². The number of amides is 3. The number of carbonyl (C=O) groups excluding carboxylic acids is 2. The van der Waals surface area contributed by atoms with Crippen LogP contribution < -0.4 is 5.32 Å². The molecule has 1 aromatic heterocycles. The van der Waals surface area contributed by atoms with E-state index in [0.717, 1.165) is 14.9 Å². The molecule has 21 heavy (non-hydrogen) atoms. The molecule has 0 saturated carbocycles. The second kappa shape index (κ2) is 5.27. The van der Waals surface area contributed by atoms with Crippen molar-refractivity contribution in [3.63, 3.8) is 0 Å². The van der Waals surface area contributed by atoms with Gasteiger partial charge in [0, 0.05) is 9.35 Å². The first-order valence-corrected chi connectivity index (χ1v) is 8.11. The van der Waals surface area contributed by atoms with Gasteiger partial charge in [-0.2, -0.15) is 0 Å². The molecule has 0 unspecified atom stereocenters. The largest absolute Gasteiger partial charge is 0.325 e. The van der Waals surface area contributed by atoms with Gasteiger partial charge in [-0.1, -0.05) is 40.2 Å². The van der Waals surface area contributed by atoms with Crippen molar-refractivity contribution >= 4 is 39.2 Å². The van der Waals surface area contributed by atoms with Gasteiger partial charge in [-0.05, 0) is 30.0 Å². The van der Waals surface area contributed by atoms with Crippen molar-refractivity contribution < 1.29 is 9.59 Å². The van der Waals surface area contributed by atoms with Crippen molar-refractivity contribution in [1.29, 1.82) is 0 Å². The zero-order chi connectivity index (χ0) is 15.0. The lowest BCUT2D eigenvalue weighted by atomic mass is 10.0. The fraction of sp³-hybridized carbons (Fsp3) is 0.200. The third-order valence-corrected chi connectivity index (χ3v) is 5.44. The van der Waals surface area contributed by atoms with Gasteiger partial charge in [0.15, 0.2) is 5.54 Å². The number of nitrogens with one attached hydrogen (secondary N) is 1. The number of thiophene rings is 1. The number of urea groups is 1. The summed E-state index contributed by atoms with van der Waals surface area (Å²) in [5, 5.41) is 4.70. The number of benzene rings is 1. The normalized spacial score (nSPS) is 21.7. The van der Waals surface area contributed by atoms with Crippen LogP contribution in [0.3, 0.4) is 0 Å². The molecule has 6 heteroatoms. The summed E-state index contributed by atoms with van der Waals surface area (Å²) in [6.45, 7) is 2.01. The summed E-state index contributed by atoms with van der Waals surface area (Å²) in [6, 6.07) is 11.0. The van der Waals surface area contributed by atoms with Crippen molar-refractivity contribution in [2.24, 2.45) is 0 Å². The Bertz CT molecular complexity index is 701. The molecule has 1 saturated heterocycles. The maximum Gasteiger partial charge on any atom is 0.325 e. The van der Waals surface area contributed by atoms with Gasteiger partial charge in [0.1, 0.15) is 0 Å². The molecular weight excluding hydrogens is 352 g/mol. The number of carbonyl (C=O) groups is 2. The van der Waals surface area contributed by atoms with Crippen LogP contribution in [-0.4, -0.2) is 16.8 Å². The molecule has 0 bridgehead atoms. The van der Waals surface area contributed by atoms with Crippen LogP contribution in [0.4, 0.5) is 4.79 Å². The van der Waals surface area contributed by atoms with Crippen LogP contribution in [-0.2, 0) is 16.9 Å². The minimum absolute atomic E-state index is 0.217. The first-order chi connectivity index (χ1) is 10.0. The summed E-state index contributed by atoms with van der Waals surface area (Å²) in [5.41, 5.74) is -0.0663. The number of hydrogen-bond acceptors (Lipinski definition) is 3. The molecule has 1 aromatic carbocycles. The highest BCUT2D eigenvalue weighted by Crippen LogP contribution is 2.33. The maximum atomic E-state index is 12.7. The molecule has 0 radical (unpaired) electrons. The van der Waals surface area contributed by atoms with Crippen LogP contribution in [0.25, 0.3) is 0 Å². The molecule has 4 nitrogen and oxygen atoms in total. The predicted molar refractivity (Wildman–Crippen MR) is 84.9 cm³/mol. The molecule has 2 aromatic rings. The Morgan fingerprint density at radius 3 is 2.67 bits per heavy atom. The molecule has 1 atom stereocenters. The first-order valence-electron chi connectivity index (χ1n) is 6.44. The highest BCUT2D eigenvalue weighted by atomic mass is 79.9. The van der Waals surface area contributed by atoms with E-state index >= 15 is 0 Å². The van der Waals surface area contributed by atoms with Gasteiger partial charge in [0.25, 0.3) is 5.91 Å². The van der Waals surface area contributed by atoms with E-state index in [1.807, 2.05) is 41.8 Å². The Morgan fingerprint density at radius 2 is 2.00 bits per heavy atom. The molecule has 2 heterocycles. The average Bonchev–Trinajstić information content (AvgIpc) is 3.06. The standard InChI is InChI=1S/C15H13BrN2O2S/c1-15(12-7-4-8-21-12)13(19)18(14(20)17-15)9-10-5-2-3-6-11(10)16/h2-8H,9H2,1H3,(H,17,20)/t15-/m0/s1. The summed E-state index contributed by atoms with van der Waals surface area (Å²) in [7, 11) is 0. The lowest BCUT2D eigenvalue weighted by Gasteiger charge is -2.20. The number of rotatable bonds is 3. The van der Waals surface area contributed by atoms with Crippen LogP contribution in [0, 0.1) is 0 Å². The van der Waals surface area contributed by atoms with Crippen molar-refractivity contribution in [3.05, 3.63) is 56.7 Å². The number of halogens is 1. The van der Waals surface area contributed by atoms with E-state index in [-0.39, 0.29) is 18.5 Å². The van der Waals surface area contributed by atoms with Crippen molar-refractivity contribution in [1.82, 2.24) is 10.2 Å². The summed E-state index contributed by atoms with van der Waals surface area (Å²) in [4.78, 5) is 27.0. The molecule has 1 aliphatic rings. The molecular formula is C15H13BrN2O2S. The molecule has 108 valence electrons. The van der Waals surface area contributed by atoms with Gasteiger partial charge in [-0.3, -0.25) is 9.69 Å². The van der Waals surface area contributed by atoms with E-state index in [0.29, 0.717) is 0 Å². The molecule has 3 amide bonds. The average molecular weight is 365 g/mol. The van der Waals surface area contributed by atoms with E-state index in [1.54, 1.807) is 6.92 Å². The maximum absolute atomic E-state index is 12.7. The lowest BCUT2D eigenvalue weighted by Crippen LogP contribution is -2.40. The van der Waals surface area contributed by atoms with Crippen LogP contribution in [0.5, 0.6) is 0 Å². The van der Waals surface area contributed by atoms with Crippen molar-refractivity contribution in [2.75, 3.05) is 0 Å². The minimum atomic E-state index is -0.966. The summed E-state index contributed by atoms with van der Waals surface area (Å²) in [6.07, 6.45) is 0. The van der Waals surface area contributed by atoms with Gasteiger partial charge in [0.2, 0.25) is 0 Å². The van der Waals surface area contributed by atoms with Crippen LogP contribution in [0.15, 0.2) is 46.3 Å². The number of imide groups is 1. The van der Waals surface area contributed by atoms with Gasteiger partial charge >= 0.3 is 6.03 Å². The van der Waals surface area contributed by atoms with Gasteiger partial charge in [-0.15, -0.1) is 11.3 Å². The van der Waals surface area contributed by atoms with E-state index in [1.165, 1.54) is 16.2 Å². The fourth-order valence-electron chi connectivity index (χ4n) is 2.37. The molecule has 1 fully saturated rings. The zero-order valence-electron chi connectivity index (χ0n) is 11.3. The molecule has 0 spiro atoms. The second-order valence-corrected chi connectivity index (χ2v) is 6.82. The zero-order valence-corrected chi connectivity index (χ0v) is 13.7. The van der Waals surface area contributed by atoms with Crippen LogP contribution >= 0.6 is 27.3 Å². The molecule has 3 rings (SSSR count). The van der Waals surface area contributed by atoms with Gasteiger partial charge < -0.3 is 5.32 Å². The molecule has 0 aliphatic carbocycles. The van der Waals surface area contributed by atoms with E-state index in [2.05, 4.69) is 21.2 Å². The van der Waals surface area contributed by atoms with Crippen molar-refractivity contribution in [3.8, 4) is 0 Å². The number of hydrogen-bond donors (Lipinski definition) is 1. The Hall–Kier alpha value is -1.66. The Morgan fingerprint density at radius 1 is 1.24 bits per heavy atom. The van der Waals surface area contributed by atoms with E-state index in [9.17, 15) is 9.59 Å². The van der Waals surface area contributed by atoms with Crippen LogP contribution in [0.2, 0.25) is 0 Å². The highest BCUT2D eigenvalue weighted by Gasteiger charge is 2.49. The Labute approximate surface area is 134 Å². The van der Waals surface area contributed by atoms with Crippen LogP contribution in [0.1, 0.15) is 17.4 Å². The summed E-state index contributed by atoms with van der Waals surface area (Å²) < 4.78 is 0.885. The van der Waals surface area contributed by atoms with E-state index in [4.69, 9.17) is 0 Å². The third-order valence-electron chi connectivity index (χ3n) is 3.58. The second-order valence-electron chi connectivity index (χ2n) is 5.02. The van der Waals surface area contributed by atoms with Gasteiger partial charge in [-0.25, -0.2) is 4.79 Å². The fourth-order valence-corrected chi connectivity index (χ4v) is 3.61. The van der Waals surface area contributed by atoms with Crippen molar-refractivity contribution in [2.45, 2.75) is 19.0 Å². The quantitative estimate of drug-likeness (QED) is 0.847. The molecule has 1 N–H and O–H groups in total. The predicted octanol–water partition coefficient (Wildman–Crippen LogP) is 3.48. The SMILES string of the molecule is C[C@@]1(c2cccs2)NC(=O)N(Cc2ccccc2Br)C1=O. The Kier molecular flexibility index (Phi) is 3.59. The third kappa shape index (κ3) is 2.38. The smallest absolute Gasteiger partial charge is 0.319 e. The lowest BCUT2D eigenvalue weighted by molar-refractivity contribution is -0.131. The summed E-state index contributed by atoms with van der Waals surface area (Å²) in [5.74, 6) is -0.217. The number of nitrogens with zero attached hydrogens (tertiary/aromatic N) is 1. The topological polar surface area (TPSA) is 49.4 Å².